The monoisotopic (exact) mass is 275 g/mol. The fourth-order valence-electron chi connectivity index (χ4n) is 2.07. The molecule has 1 N–H and O–H groups in total. The minimum Gasteiger partial charge on any atom is -0.478 e. The van der Waals surface area contributed by atoms with Crippen molar-refractivity contribution in [1.82, 2.24) is 14.5 Å². The van der Waals surface area contributed by atoms with Crippen LogP contribution in [0.2, 0.25) is 0 Å². The number of aromatic nitrogens is 2. The SMILES string of the molecule is CCN(C)C(=O)Cn1c(C)nc2c(C(=O)O)cccc21. The fourth-order valence-corrected chi connectivity index (χ4v) is 2.07. The molecule has 0 unspecified atom stereocenters. The van der Waals surface area contributed by atoms with E-state index in [4.69, 9.17) is 5.11 Å². The Labute approximate surface area is 116 Å². The number of likely N-dealkylation sites (N-methyl/N-ethyl adjacent to an activating group) is 1. The molecule has 1 aromatic heterocycles. The first-order chi connectivity index (χ1) is 9.45. The van der Waals surface area contributed by atoms with Crippen LogP contribution < -0.4 is 0 Å². The number of carboxylic acid groups (broad SMARTS) is 1. The van der Waals surface area contributed by atoms with Crippen molar-refractivity contribution in [1.29, 1.82) is 0 Å². The van der Waals surface area contributed by atoms with Crippen molar-refractivity contribution < 1.29 is 14.7 Å². The average molecular weight is 275 g/mol. The minimum absolute atomic E-state index is 0.0318. The van der Waals surface area contributed by atoms with Gasteiger partial charge in [0.25, 0.3) is 0 Å². The van der Waals surface area contributed by atoms with Crippen molar-refractivity contribution in [3.8, 4) is 0 Å². The zero-order valence-corrected chi connectivity index (χ0v) is 11.8. The third kappa shape index (κ3) is 2.36. The number of carboxylic acids is 1. The Morgan fingerprint density at radius 2 is 2.10 bits per heavy atom. The maximum Gasteiger partial charge on any atom is 0.337 e. The zero-order chi connectivity index (χ0) is 14.9. The topological polar surface area (TPSA) is 75.4 Å². The summed E-state index contributed by atoms with van der Waals surface area (Å²) in [4.78, 5) is 29.1. The van der Waals surface area contributed by atoms with Gasteiger partial charge in [0.05, 0.1) is 11.1 Å². The van der Waals surface area contributed by atoms with E-state index in [9.17, 15) is 9.59 Å². The number of hydrogen-bond acceptors (Lipinski definition) is 3. The highest BCUT2D eigenvalue weighted by atomic mass is 16.4. The van der Waals surface area contributed by atoms with Crippen LogP contribution in [-0.2, 0) is 11.3 Å². The Hall–Kier alpha value is -2.37. The van der Waals surface area contributed by atoms with E-state index < -0.39 is 5.97 Å². The first-order valence-corrected chi connectivity index (χ1v) is 6.38. The molecule has 2 rings (SSSR count). The molecule has 106 valence electrons. The lowest BCUT2D eigenvalue weighted by atomic mass is 10.2. The molecule has 1 heterocycles. The second-order valence-corrected chi connectivity index (χ2v) is 4.63. The first kappa shape index (κ1) is 14.0. The molecular weight excluding hydrogens is 258 g/mol. The van der Waals surface area contributed by atoms with E-state index in [1.807, 2.05) is 6.92 Å². The van der Waals surface area contributed by atoms with E-state index in [-0.39, 0.29) is 18.0 Å². The minimum atomic E-state index is -1.02. The molecule has 2 aromatic rings. The number of carbonyl (C=O) groups excluding carboxylic acids is 1. The Kier molecular flexibility index (Phi) is 3.74. The van der Waals surface area contributed by atoms with Crippen LogP contribution in [0.25, 0.3) is 11.0 Å². The number of amides is 1. The Morgan fingerprint density at radius 3 is 2.70 bits per heavy atom. The van der Waals surface area contributed by atoms with Crippen LogP contribution in [0.4, 0.5) is 0 Å². The predicted octanol–water partition coefficient (Wildman–Crippen LogP) is 1.52. The lowest BCUT2D eigenvalue weighted by molar-refractivity contribution is -0.130. The van der Waals surface area contributed by atoms with Gasteiger partial charge in [-0.25, -0.2) is 9.78 Å². The summed E-state index contributed by atoms with van der Waals surface area (Å²) >= 11 is 0. The van der Waals surface area contributed by atoms with Crippen LogP contribution in [0, 0.1) is 6.92 Å². The third-order valence-electron chi connectivity index (χ3n) is 3.39. The van der Waals surface area contributed by atoms with Crippen molar-refractivity contribution in [3.63, 3.8) is 0 Å². The lowest BCUT2D eigenvalue weighted by Crippen LogP contribution is -2.30. The van der Waals surface area contributed by atoms with Gasteiger partial charge in [0.1, 0.15) is 17.9 Å². The summed E-state index contributed by atoms with van der Waals surface area (Å²) < 4.78 is 1.75. The molecule has 6 nitrogen and oxygen atoms in total. The molecular formula is C14H17N3O3. The summed E-state index contributed by atoms with van der Waals surface area (Å²) in [5.41, 5.74) is 1.24. The molecule has 20 heavy (non-hydrogen) atoms. The van der Waals surface area contributed by atoms with Crippen LogP contribution in [0.3, 0.4) is 0 Å². The molecule has 0 radical (unpaired) electrons. The van der Waals surface area contributed by atoms with E-state index in [1.54, 1.807) is 35.6 Å². The van der Waals surface area contributed by atoms with Gasteiger partial charge in [0, 0.05) is 13.6 Å². The molecule has 6 heteroatoms. The summed E-state index contributed by atoms with van der Waals surface area (Å²) in [6.45, 7) is 4.46. The van der Waals surface area contributed by atoms with Crippen LogP contribution in [0.1, 0.15) is 23.1 Å². The molecule has 0 aliphatic carbocycles. The maximum atomic E-state index is 12.0. The second kappa shape index (κ2) is 5.32. The molecule has 0 aliphatic heterocycles. The Morgan fingerprint density at radius 1 is 1.40 bits per heavy atom. The van der Waals surface area contributed by atoms with Crippen molar-refractivity contribution in [2.75, 3.05) is 13.6 Å². The maximum absolute atomic E-state index is 12.0. The molecule has 1 amide bonds. The highest BCUT2D eigenvalue weighted by molar-refractivity contribution is 6.01. The van der Waals surface area contributed by atoms with Crippen LogP contribution >= 0.6 is 0 Å². The zero-order valence-electron chi connectivity index (χ0n) is 11.8. The number of imidazole rings is 1. The molecule has 1 aromatic carbocycles. The molecule has 0 spiro atoms. The fraction of sp³-hybridized carbons (Fsp3) is 0.357. The molecule has 0 saturated carbocycles. The van der Waals surface area contributed by atoms with Gasteiger partial charge in [-0.3, -0.25) is 4.79 Å². The average Bonchev–Trinajstić information content (AvgIpc) is 2.73. The number of benzene rings is 1. The summed E-state index contributed by atoms with van der Waals surface area (Å²) in [5, 5.41) is 9.17. The van der Waals surface area contributed by atoms with Crippen LogP contribution in [0.5, 0.6) is 0 Å². The molecule has 0 fully saturated rings. The standard InChI is InChI=1S/C14H17N3O3/c1-4-16(3)12(18)8-17-9(2)15-13-10(14(19)20)6-5-7-11(13)17/h5-7H,4,8H2,1-3H3,(H,19,20). The molecule has 0 bridgehead atoms. The van der Waals surface area contributed by atoms with Crippen molar-refractivity contribution in [3.05, 3.63) is 29.6 Å². The quantitative estimate of drug-likeness (QED) is 0.918. The second-order valence-electron chi connectivity index (χ2n) is 4.63. The summed E-state index contributed by atoms with van der Waals surface area (Å²) in [6.07, 6.45) is 0. The van der Waals surface area contributed by atoms with E-state index in [0.29, 0.717) is 23.4 Å². The number of rotatable bonds is 4. The number of fused-ring (bicyclic) bond motifs is 1. The van der Waals surface area contributed by atoms with Crippen molar-refractivity contribution in [2.24, 2.45) is 0 Å². The smallest absolute Gasteiger partial charge is 0.337 e. The van der Waals surface area contributed by atoms with E-state index >= 15 is 0 Å². The molecule has 0 saturated heterocycles. The third-order valence-corrected chi connectivity index (χ3v) is 3.39. The number of para-hydroxylation sites is 1. The first-order valence-electron chi connectivity index (χ1n) is 6.38. The molecule has 0 atom stereocenters. The van der Waals surface area contributed by atoms with Gasteiger partial charge in [0.2, 0.25) is 5.91 Å². The van der Waals surface area contributed by atoms with Gasteiger partial charge in [-0.1, -0.05) is 6.07 Å². The van der Waals surface area contributed by atoms with E-state index in [1.165, 1.54) is 6.07 Å². The largest absolute Gasteiger partial charge is 0.478 e. The number of nitrogens with zero attached hydrogens (tertiary/aromatic N) is 3. The summed E-state index contributed by atoms with van der Waals surface area (Å²) in [6, 6.07) is 4.96. The highest BCUT2D eigenvalue weighted by Crippen LogP contribution is 2.20. The van der Waals surface area contributed by atoms with Crippen molar-refractivity contribution in [2.45, 2.75) is 20.4 Å². The van der Waals surface area contributed by atoms with Crippen LogP contribution in [-0.4, -0.2) is 45.0 Å². The Balaban J connectivity index is 2.50. The Bertz CT molecular complexity index is 676. The number of hydrogen-bond donors (Lipinski definition) is 1. The van der Waals surface area contributed by atoms with Crippen molar-refractivity contribution >= 4 is 22.9 Å². The normalized spacial score (nSPS) is 10.8. The van der Waals surface area contributed by atoms with E-state index in [0.717, 1.165) is 0 Å². The predicted molar refractivity (Wildman–Crippen MR) is 74.7 cm³/mol. The van der Waals surface area contributed by atoms with Gasteiger partial charge < -0.3 is 14.6 Å². The van der Waals surface area contributed by atoms with Crippen LogP contribution in [0.15, 0.2) is 18.2 Å². The van der Waals surface area contributed by atoms with Gasteiger partial charge in [0.15, 0.2) is 0 Å². The molecule has 0 aliphatic rings. The van der Waals surface area contributed by atoms with E-state index in [2.05, 4.69) is 4.98 Å². The van der Waals surface area contributed by atoms with Gasteiger partial charge >= 0.3 is 5.97 Å². The summed E-state index contributed by atoms with van der Waals surface area (Å²) in [5.74, 6) is -0.417. The van der Waals surface area contributed by atoms with Gasteiger partial charge in [-0.05, 0) is 26.0 Å². The highest BCUT2D eigenvalue weighted by Gasteiger charge is 2.17. The summed E-state index contributed by atoms with van der Waals surface area (Å²) in [7, 11) is 1.74. The number of aryl methyl sites for hydroxylation is 1. The van der Waals surface area contributed by atoms with Gasteiger partial charge in [-0.15, -0.1) is 0 Å². The lowest BCUT2D eigenvalue weighted by Gasteiger charge is -2.15. The number of carbonyl (C=O) groups is 2. The number of aromatic carboxylic acids is 1. The van der Waals surface area contributed by atoms with Gasteiger partial charge in [-0.2, -0.15) is 0 Å².